The second-order valence-corrected chi connectivity index (χ2v) is 12.8. The van der Waals surface area contributed by atoms with E-state index in [2.05, 4.69) is 61.5 Å². The predicted octanol–water partition coefficient (Wildman–Crippen LogP) is 9.40. The fourth-order valence-corrected chi connectivity index (χ4v) is 5.45. The molecule has 34 heavy (non-hydrogen) atoms. The number of Topliss-reactive ketones (excluding diaryl/α,β-unsaturated/α-hetero) is 2. The molecule has 2 nitrogen and oxygen atoms in total. The van der Waals surface area contributed by atoms with Crippen LogP contribution in [0.2, 0.25) is 0 Å². The summed E-state index contributed by atoms with van der Waals surface area (Å²) < 4.78 is 0. The van der Waals surface area contributed by atoms with E-state index in [4.69, 9.17) is 0 Å². The Balaban J connectivity index is 1.93. The molecule has 1 aliphatic rings. The Morgan fingerprint density at radius 2 is 1.44 bits per heavy atom. The molecule has 0 saturated heterocycles. The minimum Gasteiger partial charge on any atom is -0.289 e. The van der Waals surface area contributed by atoms with Gasteiger partial charge in [0.2, 0.25) is 0 Å². The minimum absolute atomic E-state index is 0.00455. The first-order chi connectivity index (χ1) is 15.7. The molecule has 0 saturated carbocycles. The average molecular weight is 465 g/mol. The molecule has 0 radical (unpaired) electrons. The summed E-state index contributed by atoms with van der Waals surface area (Å²) in [5, 5.41) is 0. The van der Waals surface area contributed by atoms with Gasteiger partial charge in [0.15, 0.2) is 11.6 Å². The highest BCUT2D eigenvalue weighted by Crippen LogP contribution is 2.37. The zero-order valence-electron chi connectivity index (χ0n) is 23.3. The van der Waals surface area contributed by atoms with Crippen LogP contribution in [-0.2, 0) is 0 Å². The number of carbonyl (C=O) groups excluding carboxylic acids is 2. The molecule has 0 N–H and O–H groups in total. The maximum Gasteiger partial charge on any atom is 0.190 e. The third-order valence-electron chi connectivity index (χ3n) is 7.51. The van der Waals surface area contributed by atoms with E-state index in [0.29, 0.717) is 34.1 Å². The summed E-state index contributed by atoms with van der Waals surface area (Å²) in [4.78, 5) is 25.7. The zero-order valence-corrected chi connectivity index (χ0v) is 23.3. The molecule has 1 aromatic carbocycles. The van der Waals surface area contributed by atoms with E-state index in [9.17, 15) is 9.59 Å². The van der Waals surface area contributed by atoms with Crippen LogP contribution in [-0.4, -0.2) is 11.6 Å². The van der Waals surface area contributed by atoms with Crippen molar-refractivity contribution in [3.63, 3.8) is 0 Å². The largest absolute Gasteiger partial charge is 0.289 e. The molecule has 0 aromatic heterocycles. The lowest BCUT2D eigenvalue weighted by Gasteiger charge is -2.31. The van der Waals surface area contributed by atoms with Gasteiger partial charge in [-0.1, -0.05) is 97.2 Å². The number of allylic oxidation sites excluding steroid dienone is 4. The van der Waals surface area contributed by atoms with Crippen molar-refractivity contribution in [3.8, 4) is 0 Å². The second-order valence-electron chi connectivity index (χ2n) is 12.8. The van der Waals surface area contributed by atoms with Crippen LogP contribution in [0.5, 0.6) is 0 Å². The van der Waals surface area contributed by atoms with Crippen LogP contribution >= 0.6 is 0 Å². The highest BCUT2D eigenvalue weighted by atomic mass is 16.1. The van der Waals surface area contributed by atoms with Gasteiger partial charge >= 0.3 is 0 Å². The minimum atomic E-state index is -0.0121. The van der Waals surface area contributed by atoms with Gasteiger partial charge in [0, 0.05) is 22.3 Å². The molecule has 0 fully saturated rings. The predicted molar refractivity (Wildman–Crippen MR) is 145 cm³/mol. The van der Waals surface area contributed by atoms with Crippen LogP contribution in [0.4, 0.5) is 0 Å². The SMILES string of the molecule is CC1=C(C/C=C(\C)CC(C)(C)CCC(C)CC(C)(C)CCC(C)C)C(=O)c2ccccc2C1=O. The summed E-state index contributed by atoms with van der Waals surface area (Å²) in [5.74, 6) is 1.50. The van der Waals surface area contributed by atoms with Crippen LogP contribution < -0.4 is 0 Å². The third kappa shape index (κ3) is 8.07. The van der Waals surface area contributed by atoms with Crippen molar-refractivity contribution < 1.29 is 9.59 Å². The van der Waals surface area contributed by atoms with Gasteiger partial charge in [-0.3, -0.25) is 9.59 Å². The second kappa shape index (κ2) is 11.6. The molecular weight excluding hydrogens is 416 g/mol. The van der Waals surface area contributed by atoms with E-state index in [1.807, 2.05) is 12.1 Å². The molecule has 1 unspecified atom stereocenters. The molecule has 0 aliphatic heterocycles. The molecule has 1 atom stereocenters. The van der Waals surface area contributed by atoms with Gasteiger partial charge < -0.3 is 0 Å². The first-order valence-electron chi connectivity index (χ1n) is 13.3. The Hall–Kier alpha value is -1.96. The fraction of sp³-hybridized carbons (Fsp3) is 0.625. The molecule has 1 aromatic rings. The topological polar surface area (TPSA) is 34.1 Å². The number of benzene rings is 1. The standard InChI is InChI=1S/C32H48O2/c1-22(2)16-18-31(6,7)21-24(4)17-19-32(8,9)20-23(3)14-15-26-25(5)29(33)27-12-10-11-13-28(27)30(26)34/h10-14,22,24H,15-21H2,1-9H3/b23-14+. The van der Waals surface area contributed by atoms with E-state index in [-0.39, 0.29) is 17.0 Å². The van der Waals surface area contributed by atoms with E-state index < -0.39 is 0 Å². The lowest BCUT2D eigenvalue weighted by atomic mass is 9.74. The van der Waals surface area contributed by atoms with Gasteiger partial charge in [0.1, 0.15) is 0 Å². The van der Waals surface area contributed by atoms with E-state index in [1.165, 1.54) is 37.7 Å². The molecule has 1 aliphatic carbocycles. The smallest absolute Gasteiger partial charge is 0.190 e. The normalized spacial score (nSPS) is 16.4. The Labute approximate surface area is 209 Å². The summed E-state index contributed by atoms with van der Waals surface area (Å²) in [5.41, 5.74) is 4.27. The van der Waals surface area contributed by atoms with Gasteiger partial charge in [-0.05, 0) is 68.6 Å². The number of ketones is 2. The van der Waals surface area contributed by atoms with E-state index in [1.54, 1.807) is 19.1 Å². The first-order valence-corrected chi connectivity index (χ1v) is 13.3. The average Bonchev–Trinajstić information content (AvgIpc) is 2.74. The number of rotatable bonds is 12. The fourth-order valence-electron chi connectivity index (χ4n) is 5.45. The van der Waals surface area contributed by atoms with Crippen molar-refractivity contribution in [1.29, 1.82) is 0 Å². The van der Waals surface area contributed by atoms with Crippen LogP contribution in [0.3, 0.4) is 0 Å². The summed E-state index contributed by atoms with van der Waals surface area (Å²) in [6.07, 6.45) is 10.1. The maximum absolute atomic E-state index is 13.0. The summed E-state index contributed by atoms with van der Waals surface area (Å²) in [6, 6.07) is 7.18. The van der Waals surface area contributed by atoms with Crippen molar-refractivity contribution in [2.45, 2.75) is 107 Å². The first kappa shape index (κ1) is 28.3. The molecule has 0 bridgehead atoms. The Bertz CT molecular complexity index is 940. The maximum atomic E-state index is 13.0. The quantitative estimate of drug-likeness (QED) is 0.289. The van der Waals surface area contributed by atoms with E-state index >= 15 is 0 Å². The summed E-state index contributed by atoms with van der Waals surface area (Å²) >= 11 is 0. The Morgan fingerprint density at radius 1 is 0.882 bits per heavy atom. The number of hydrogen-bond acceptors (Lipinski definition) is 2. The van der Waals surface area contributed by atoms with Crippen molar-refractivity contribution in [2.24, 2.45) is 22.7 Å². The summed E-state index contributed by atoms with van der Waals surface area (Å²) in [7, 11) is 0. The molecule has 2 heteroatoms. The van der Waals surface area contributed by atoms with Crippen molar-refractivity contribution in [2.75, 3.05) is 0 Å². The highest BCUT2D eigenvalue weighted by molar-refractivity contribution is 6.26. The molecular formula is C32H48O2. The van der Waals surface area contributed by atoms with Gasteiger partial charge in [-0.25, -0.2) is 0 Å². The van der Waals surface area contributed by atoms with Gasteiger partial charge in [0.05, 0.1) is 0 Å². The Morgan fingerprint density at radius 3 is 2.03 bits per heavy atom. The van der Waals surface area contributed by atoms with Gasteiger partial charge in [0.25, 0.3) is 0 Å². The van der Waals surface area contributed by atoms with Crippen molar-refractivity contribution >= 4 is 11.6 Å². The molecule has 0 amide bonds. The van der Waals surface area contributed by atoms with Gasteiger partial charge in [-0.2, -0.15) is 0 Å². The van der Waals surface area contributed by atoms with Crippen molar-refractivity contribution in [3.05, 3.63) is 58.2 Å². The van der Waals surface area contributed by atoms with Crippen LogP contribution in [0, 0.1) is 22.7 Å². The van der Waals surface area contributed by atoms with Gasteiger partial charge in [-0.15, -0.1) is 0 Å². The molecule has 0 spiro atoms. The molecule has 188 valence electrons. The lowest BCUT2D eigenvalue weighted by molar-refractivity contribution is 0.0973. The zero-order chi connectivity index (χ0) is 25.7. The summed E-state index contributed by atoms with van der Waals surface area (Å²) in [6.45, 7) is 20.6. The number of hydrogen-bond donors (Lipinski definition) is 0. The van der Waals surface area contributed by atoms with E-state index in [0.717, 1.165) is 18.3 Å². The number of fused-ring (bicyclic) bond motifs is 1. The lowest BCUT2D eigenvalue weighted by Crippen LogP contribution is -2.20. The van der Waals surface area contributed by atoms with Crippen molar-refractivity contribution in [1.82, 2.24) is 0 Å². The van der Waals surface area contributed by atoms with Crippen LogP contribution in [0.1, 0.15) is 128 Å². The van der Waals surface area contributed by atoms with Crippen LogP contribution in [0.15, 0.2) is 47.1 Å². The monoisotopic (exact) mass is 464 g/mol. The Kier molecular flexibility index (Phi) is 9.69. The molecule has 2 rings (SSSR count). The van der Waals surface area contributed by atoms with Crippen LogP contribution in [0.25, 0.3) is 0 Å². The molecule has 0 heterocycles. The third-order valence-corrected chi connectivity index (χ3v) is 7.51. The number of carbonyl (C=O) groups is 2. The highest BCUT2D eigenvalue weighted by Gasteiger charge is 2.29.